The van der Waals surface area contributed by atoms with Gasteiger partial charge in [0.2, 0.25) is 5.91 Å². The average molecular weight is 769 g/mol. The largest absolute Gasteiger partial charge is 0.497 e. The number of ether oxygens (including phenoxy) is 2. The predicted molar refractivity (Wildman–Crippen MR) is 205 cm³/mol. The smallest absolute Gasteiger partial charge is 0.351 e. The Hall–Kier alpha value is -2.21. The van der Waals surface area contributed by atoms with Gasteiger partial charge in [-0.3, -0.25) is 19.2 Å². The number of anilines is 1. The van der Waals surface area contributed by atoms with Crippen LogP contribution < -0.4 is 21.1 Å². The van der Waals surface area contributed by atoms with Crippen LogP contribution in [0.15, 0.2) is 41.3 Å². The summed E-state index contributed by atoms with van der Waals surface area (Å²) in [5.74, 6) is -0.562. The first kappa shape index (κ1) is 43.2. The molecule has 0 radical (unpaired) electrons. The summed E-state index contributed by atoms with van der Waals surface area (Å²) in [5, 5.41) is 5.61. The lowest BCUT2D eigenvalue weighted by molar-refractivity contribution is -0.114. The Morgan fingerprint density at radius 1 is 0.941 bits per heavy atom. The third-order valence-electron chi connectivity index (χ3n) is 10.1. The lowest BCUT2D eigenvalue weighted by Gasteiger charge is -2.45. The maximum Gasteiger partial charge on any atom is 0.351 e. The van der Waals surface area contributed by atoms with E-state index in [1.54, 1.807) is 21.0 Å². The van der Waals surface area contributed by atoms with Crippen LogP contribution in [0.25, 0.3) is 0 Å². The lowest BCUT2D eigenvalue weighted by atomic mass is 10.1. The summed E-state index contributed by atoms with van der Waals surface area (Å²) < 4.78 is 55.0. The molecular formula is C35H61N4O9PSi2. The Labute approximate surface area is 306 Å². The number of nitrogens with zero attached hydrogens (tertiary/aromatic N) is 2. The summed E-state index contributed by atoms with van der Waals surface area (Å²) in [6.07, 6.45) is -2.10. The molecule has 2 heterocycles. The van der Waals surface area contributed by atoms with Crippen molar-refractivity contribution in [1.82, 2.24) is 14.9 Å². The van der Waals surface area contributed by atoms with Crippen molar-refractivity contribution < 1.29 is 36.7 Å². The summed E-state index contributed by atoms with van der Waals surface area (Å²) in [5.41, 5.74) is 0.252. The zero-order valence-corrected chi connectivity index (χ0v) is 35.9. The number of nitrogens with one attached hydrogen (secondary N) is 2. The number of aromatic nitrogens is 2. The molecule has 0 bridgehead atoms. The van der Waals surface area contributed by atoms with Gasteiger partial charge in [-0.2, -0.15) is 4.98 Å². The molecule has 1 aromatic heterocycles. The van der Waals surface area contributed by atoms with Crippen molar-refractivity contribution in [2.45, 2.75) is 135 Å². The fourth-order valence-electron chi connectivity index (χ4n) is 5.22. The van der Waals surface area contributed by atoms with Crippen LogP contribution in [0.1, 0.15) is 74.1 Å². The van der Waals surface area contributed by atoms with Gasteiger partial charge in [-0.15, -0.1) is 0 Å². The number of carbonyl (C=O) groups is 1. The minimum Gasteiger partial charge on any atom is -0.497 e. The average Bonchev–Trinajstić information content (AvgIpc) is 3.32. The van der Waals surface area contributed by atoms with Gasteiger partial charge in [-0.1, -0.05) is 53.7 Å². The number of carbonyl (C=O) groups excluding carboxylic acids is 1. The molecule has 5 atom stereocenters. The van der Waals surface area contributed by atoms with Crippen LogP contribution >= 0.6 is 7.60 Å². The highest BCUT2D eigenvalue weighted by atomic mass is 31.2. The summed E-state index contributed by atoms with van der Waals surface area (Å²) in [7, 11) is -7.52. The zero-order valence-electron chi connectivity index (χ0n) is 33.0. The van der Waals surface area contributed by atoms with Gasteiger partial charge < -0.3 is 32.7 Å². The molecule has 16 heteroatoms. The maximum absolute atomic E-state index is 14.9. The molecule has 2 N–H and O–H groups in total. The number of hydrogen-bond acceptors (Lipinski definition) is 11. The lowest BCUT2D eigenvalue weighted by Crippen LogP contribution is -2.56. The first-order valence-corrected chi connectivity index (χ1v) is 25.1. The summed E-state index contributed by atoms with van der Waals surface area (Å²) >= 11 is 0. The molecule has 3 rings (SSSR count). The number of methoxy groups -OCH3 is 1. The molecule has 288 valence electrons. The molecule has 1 aliphatic rings. The van der Waals surface area contributed by atoms with Crippen molar-refractivity contribution >= 4 is 36.0 Å². The molecule has 0 aliphatic carbocycles. The van der Waals surface area contributed by atoms with Crippen LogP contribution in [-0.2, 0) is 38.5 Å². The SMILES string of the molecule is CCOP(=O)(OCC)[C@H](NCc1ccc(OC)cc1)[C@H]1O[C@@H](n2ccc(NC(C)=O)nc2=O)[C@H](O[Si](C)(C)C(C)(C)C)[C@@H]1O[Si](C)(C)C(C)(C)C. The second-order valence-corrected chi connectivity index (χ2v) is 27.6. The fourth-order valence-corrected chi connectivity index (χ4v) is 9.84. The molecule has 1 aliphatic heterocycles. The molecule has 0 saturated carbocycles. The van der Waals surface area contributed by atoms with E-state index < -0.39 is 60.2 Å². The molecule has 51 heavy (non-hydrogen) atoms. The van der Waals surface area contributed by atoms with Crippen molar-refractivity contribution in [3.8, 4) is 5.75 Å². The molecule has 1 amide bonds. The summed E-state index contributed by atoms with van der Waals surface area (Å²) in [4.78, 5) is 29.6. The first-order chi connectivity index (χ1) is 23.5. The van der Waals surface area contributed by atoms with Crippen LogP contribution in [0.3, 0.4) is 0 Å². The Bertz CT molecular complexity index is 1560. The van der Waals surface area contributed by atoms with Gasteiger partial charge in [0, 0.05) is 19.7 Å². The number of benzene rings is 1. The van der Waals surface area contributed by atoms with Gasteiger partial charge in [0.25, 0.3) is 0 Å². The zero-order chi connectivity index (χ0) is 38.6. The molecule has 1 saturated heterocycles. The predicted octanol–water partition coefficient (Wildman–Crippen LogP) is 7.27. The van der Waals surface area contributed by atoms with Crippen molar-refractivity contribution in [2.75, 3.05) is 25.6 Å². The van der Waals surface area contributed by atoms with E-state index in [9.17, 15) is 14.2 Å². The Kier molecular flexibility index (Phi) is 14.3. The second-order valence-electron chi connectivity index (χ2n) is 15.9. The quantitative estimate of drug-likeness (QED) is 0.131. The third kappa shape index (κ3) is 10.5. The molecule has 0 unspecified atom stereocenters. The van der Waals surface area contributed by atoms with E-state index in [1.807, 2.05) is 24.3 Å². The standard InChI is InChI=1S/C35H61N4O9PSi2/c1-15-44-49(42,45-16-2)31(36-23-25-17-19-26(43-10)20-18-25)29-28(47-50(11,12)34(4,5)6)30(48-51(13,14)35(7,8)9)32(46-29)39-22-21-27(37-24(3)40)38-33(39)41/h17-22,28-32,36H,15-16,23H2,1-14H3,(H,37,38,40,41)/t28-,29+,30-,31+,32-/m1/s1. The maximum atomic E-state index is 14.9. The van der Waals surface area contributed by atoms with Crippen LogP contribution in [0.2, 0.25) is 36.3 Å². The highest BCUT2D eigenvalue weighted by Gasteiger charge is 2.59. The molecular weight excluding hydrogens is 708 g/mol. The molecule has 1 fully saturated rings. The number of hydrogen-bond donors (Lipinski definition) is 2. The van der Waals surface area contributed by atoms with Crippen LogP contribution in [0.5, 0.6) is 5.75 Å². The van der Waals surface area contributed by atoms with Crippen molar-refractivity contribution in [1.29, 1.82) is 0 Å². The van der Waals surface area contributed by atoms with E-state index >= 15 is 0 Å². The minimum atomic E-state index is -3.96. The molecule has 2 aromatic rings. The summed E-state index contributed by atoms with van der Waals surface area (Å²) in [6, 6.07) is 9.09. The van der Waals surface area contributed by atoms with E-state index in [0.717, 1.165) is 5.56 Å². The van der Waals surface area contributed by atoms with E-state index in [1.165, 1.54) is 23.8 Å². The van der Waals surface area contributed by atoms with E-state index in [0.29, 0.717) is 5.75 Å². The highest BCUT2D eigenvalue weighted by Crippen LogP contribution is 2.57. The van der Waals surface area contributed by atoms with E-state index in [-0.39, 0.29) is 41.6 Å². The van der Waals surface area contributed by atoms with Gasteiger partial charge in [-0.25, -0.2) is 4.79 Å². The minimum absolute atomic E-state index is 0.116. The normalized spacial score (nSPS) is 21.1. The number of amides is 1. The van der Waals surface area contributed by atoms with Gasteiger partial charge in [0.1, 0.15) is 35.7 Å². The van der Waals surface area contributed by atoms with Crippen LogP contribution in [0, 0.1) is 0 Å². The number of rotatable bonds is 16. The van der Waals surface area contributed by atoms with Crippen molar-refractivity contribution in [3.05, 3.63) is 52.6 Å². The van der Waals surface area contributed by atoms with Gasteiger partial charge in [0.05, 0.1) is 20.3 Å². The van der Waals surface area contributed by atoms with Crippen molar-refractivity contribution in [3.63, 3.8) is 0 Å². The molecule has 1 aromatic carbocycles. The molecule has 13 nitrogen and oxygen atoms in total. The Morgan fingerprint density at radius 3 is 1.92 bits per heavy atom. The topological polar surface area (TPSA) is 148 Å². The first-order valence-electron chi connectivity index (χ1n) is 17.6. The Morgan fingerprint density at radius 2 is 1.47 bits per heavy atom. The summed E-state index contributed by atoms with van der Waals surface area (Å²) in [6.45, 7) is 26.8. The fraction of sp³-hybridized carbons (Fsp3) is 0.686. The van der Waals surface area contributed by atoms with Crippen molar-refractivity contribution in [2.24, 2.45) is 0 Å². The third-order valence-corrected chi connectivity index (χ3v) is 21.4. The highest BCUT2D eigenvalue weighted by molar-refractivity contribution is 7.54. The van der Waals surface area contributed by atoms with E-state index in [2.05, 4.69) is 83.3 Å². The van der Waals surface area contributed by atoms with Crippen LogP contribution in [-0.4, -0.2) is 76.5 Å². The monoisotopic (exact) mass is 768 g/mol. The van der Waals surface area contributed by atoms with Gasteiger partial charge >= 0.3 is 13.3 Å². The second kappa shape index (κ2) is 16.9. The van der Waals surface area contributed by atoms with E-state index in [4.69, 9.17) is 27.4 Å². The Balaban J connectivity index is 2.31. The van der Waals surface area contributed by atoms with Gasteiger partial charge in [-0.05, 0) is 73.9 Å². The van der Waals surface area contributed by atoms with Crippen LogP contribution in [0.4, 0.5) is 5.82 Å². The van der Waals surface area contributed by atoms with Gasteiger partial charge in [0.15, 0.2) is 22.9 Å². The molecule has 0 spiro atoms.